The van der Waals surface area contributed by atoms with Crippen molar-refractivity contribution < 1.29 is 14.6 Å². The first-order valence-electron chi connectivity index (χ1n) is 7.97. The van der Waals surface area contributed by atoms with Crippen LogP contribution in [0.5, 0.6) is 5.75 Å². The zero-order valence-electron chi connectivity index (χ0n) is 12.6. The molecule has 1 saturated heterocycles. The van der Waals surface area contributed by atoms with Gasteiger partial charge >= 0.3 is 0 Å². The van der Waals surface area contributed by atoms with Crippen LogP contribution in [0.3, 0.4) is 0 Å². The number of aromatic hydroxyl groups is 1. The second-order valence-electron chi connectivity index (χ2n) is 6.49. The quantitative estimate of drug-likeness (QED) is 0.898. The molecule has 0 bridgehead atoms. The Hall–Kier alpha value is -1.26. The average molecular weight is 324 g/mol. The molecule has 0 aromatic heterocycles. The minimum atomic E-state index is -0.0248. The van der Waals surface area contributed by atoms with E-state index in [0.717, 1.165) is 24.8 Å². The lowest BCUT2D eigenvalue weighted by molar-refractivity contribution is -0.121. The molecule has 22 heavy (non-hydrogen) atoms. The van der Waals surface area contributed by atoms with Crippen molar-refractivity contribution in [1.29, 1.82) is 0 Å². The van der Waals surface area contributed by atoms with Crippen LogP contribution in [-0.2, 0) is 16.0 Å². The first-order valence-corrected chi connectivity index (χ1v) is 8.35. The number of hydrogen-bond acceptors (Lipinski definition) is 3. The number of hydrogen-bond donors (Lipinski definition) is 2. The fourth-order valence-corrected chi connectivity index (χ4v) is 3.81. The zero-order valence-corrected chi connectivity index (χ0v) is 13.4. The molecule has 1 saturated carbocycles. The predicted molar refractivity (Wildman–Crippen MR) is 85.1 cm³/mol. The summed E-state index contributed by atoms with van der Waals surface area (Å²) in [6.45, 7) is 0.613. The van der Waals surface area contributed by atoms with E-state index in [2.05, 4.69) is 5.32 Å². The first kappa shape index (κ1) is 15.6. The molecule has 1 aliphatic carbocycles. The molecule has 2 N–H and O–H groups in total. The molecule has 3 rings (SSSR count). The maximum absolute atomic E-state index is 12.2. The Balaban J connectivity index is 1.53. The van der Waals surface area contributed by atoms with Gasteiger partial charge in [0.1, 0.15) is 5.75 Å². The van der Waals surface area contributed by atoms with E-state index < -0.39 is 0 Å². The predicted octanol–water partition coefficient (Wildman–Crippen LogP) is 3.20. The molecule has 1 aliphatic heterocycles. The van der Waals surface area contributed by atoms with Gasteiger partial charge in [0.15, 0.2) is 0 Å². The van der Waals surface area contributed by atoms with Crippen LogP contribution in [0.4, 0.5) is 0 Å². The number of halogens is 1. The van der Waals surface area contributed by atoms with E-state index in [1.807, 2.05) is 0 Å². The number of phenols is 1. The van der Waals surface area contributed by atoms with Crippen molar-refractivity contribution in [2.75, 3.05) is 6.61 Å². The van der Waals surface area contributed by atoms with Crippen molar-refractivity contribution in [3.8, 4) is 5.75 Å². The molecular formula is C17H22ClNO3. The Morgan fingerprint density at radius 1 is 1.36 bits per heavy atom. The summed E-state index contributed by atoms with van der Waals surface area (Å²) in [6.07, 6.45) is 7.18. The monoisotopic (exact) mass is 323 g/mol. The fourth-order valence-electron chi connectivity index (χ4n) is 3.61. The van der Waals surface area contributed by atoms with Crippen LogP contribution in [0.15, 0.2) is 18.2 Å². The third-order valence-electron chi connectivity index (χ3n) is 4.72. The molecule has 1 heterocycles. The van der Waals surface area contributed by atoms with E-state index in [9.17, 15) is 9.90 Å². The van der Waals surface area contributed by atoms with Crippen LogP contribution in [0.25, 0.3) is 0 Å². The molecule has 4 nitrogen and oxygen atoms in total. The molecule has 1 aromatic rings. The topological polar surface area (TPSA) is 58.6 Å². The lowest BCUT2D eigenvalue weighted by Crippen LogP contribution is -2.38. The normalized spacial score (nSPS) is 23.6. The fraction of sp³-hybridized carbons (Fsp3) is 0.588. The summed E-state index contributed by atoms with van der Waals surface area (Å²) < 4.78 is 6.01. The number of nitrogens with one attached hydrogen (secondary N) is 1. The van der Waals surface area contributed by atoms with Crippen molar-refractivity contribution in [3.05, 3.63) is 28.8 Å². The summed E-state index contributed by atoms with van der Waals surface area (Å²) in [5.41, 5.74) is 0.810. The summed E-state index contributed by atoms with van der Waals surface area (Å²) in [5, 5.41) is 12.7. The highest BCUT2D eigenvalue weighted by Gasteiger charge is 2.41. The van der Waals surface area contributed by atoms with E-state index in [-0.39, 0.29) is 34.7 Å². The van der Waals surface area contributed by atoms with Crippen LogP contribution in [0.1, 0.15) is 44.1 Å². The standard InChI is InChI=1S/C17H22ClNO3/c18-14-8-12(4-5-15(14)20)9-16(21)19-13-10-17(22-11-13)6-2-1-3-7-17/h4-5,8,13,20H,1-3,6-7,9-11H2,(H,19,21)/t13-/m0/s1. The smallest absolute Gasteiger partial charge is 0.224 e. The third-order valence-corrected chi connectivity index (χ3v) is 5.02. The minimum Gasteiger partial charge on any atom is -0.506 e. The van der Waals surface area contributed by atoms with E-state index in [4.69, 9.17) is 16.3 Å². The second kappa shape index (κ2) is 6.47. The lowest BCUT2D eigenvalue weighted by Gasteiger charge is -2.32. The Labute approximate surface area is 135 Å². The van der Waals surface area contributed by atoms with Crippen molar-refractivity contribution in [3.63, 3.8) is 0 Å². The molecule has 2 aliphatic rings. The van der Waals surface area contributed by atoms with E-state index >= 15 is 0 Å². The molecule has 1 atom stereocenters. The Morgan fingerprint density at radius 3 is 2.86 bits per heavy atom. The summed E-state index contributed by atoms with van der Waals surface area (Å²) >= 11 is 5.86. The van der Waals surface area contributed by atoms with Gasteiger partial charge < -0.3 is 15.2 Å². The van der Waals surface area contributed by atoms with Crippen LogP contribution in [0.2, 0.25) is 5.02 Å². The van der Waals surface area contributed by atoms with E-state index in [1.165, 1.54) is 25.3 Å². The third kappa shape index (κ3) is 3.55. The number of carbonyl (C=O) groups excluding carboxylic acids is 1. The number of benzene rings is 1. The molecule has 1 spiro atoms. The summed E-state index contributed by atoms with van der Waals surface area (Å²) in [5.74, 6) is 0.0115. The van der Waals surface area contributed by atoms with Crippen LogP contribution in [0, 0.1) is 0 Å². The molecular weight excluding hydrogens is 302 g/mol. The van der Waals surface area contributed by atoms with Gasteiger partial charge in [-0.15, -0.1) is 0 Å². The molecule has 1 amide bonds. The lowest BCUT2D eigenvalue weighted by atomic mass is 9.82. The Kier molecular flexibility index (Phi) is 4.59. The van der Waals surface area contributed by atoms with E-state index in [1.54, 1.807) is 12.1 Å². The Morgan fingerprint density at radius 2 is 2.14 bits per heavy atom. The summed E-state index contributed by atoms with van der Waals surface area (Å²) in [6, 6.07) is 4.97. The van der Waals surface area contributed by atoms with Gasteiger partial charge in [-0.3, -0.25) is 4.79 Å². The number of phenolic OH excluding ortho intramolecular Hbond substituents is 1. The molecule has 0 radical (unpaired) electrons. The molecule has 5 heteroatoms. The highest BCUT2D eigenvalue weighted by Crippen LogP contribution is 2.39. The minimum absolute atomic E-state index is 0.0119. The first-order chi connectivity index (χ1) is 10.6. The average Bonchev–Trinajstić information content (AvgIpc) is 2.86. The number of amides is 1. The van der Waals surface area contributed by atoms with Gasteiger partial charge in [0.2, 0.25) is 5.91 Å². The highest BCUT2D eigenvalue weighted by atomic mass is 35.5. The number of rotatable bonds is 3. The number of ether oxygens (including phenoxy) is 1. The van der Waals surface area contributed by atoms with Gasteiger partial charge in [-0.2, -0.15) is 0 Å². The maximum atomic E-state index is 12.2. The van der Waals surface area contributed by atoms with Gasteiger partial charge in [0, 0.05) is 0 Å². The zero-order chi connectivity index (χ0) is 15.6. The number of carbonyl (C=O) groups is 1. The van der Waals surface area contributed by atoms with Gasteiger partial charge in [-0.25, -0.2) is 0 Å². The summed E-state index contributed by atoms with van der Waals surface area (Å²) in [7, 11) is 0. The van der Waals surface area contributed by atoms with E-state index in [0.29, 0.717) is 6.61 Å². The second-order valence-corrected chi connectivity index (χ2v) is 6.89. The van der Waals surface area contributed by atoms with Gasteiger partial charge in [0.05, 0.1) is 29.7 Å². The largest absolute Gasteiger partial charge is 0.506 e. The molecule has 2 fully saturated rings. The van der Waals surface area contributed by atoms with Crippen molar-refractivity contribution >= 4 is 17.5 Å². The van der Waals surface area contributed by atoms with Gasteiger partial charge in [0.25, 0.3) is 0 Å². The van der Waals surface area contributed by atoms with Crippen LogP contribution < -0.4 is 5.32 Å². The van der Waals surface area contributed by atoms with Crippen LogP contribution >= 0.6 is 11.6 Å². The SMILES string of the molecule is O=C(Cc1ccc(O)c(Cl)c1)N[C@@H]1COC2(CCCCC2)C1. The molecule has 1 aromatic carbocycles. The molecule has 0 unspecified atom stereocenters. The Bertz CT molecular complexity index is 555. The van der Waals surface area contributed by atoms with Crippen molar-refractivity contribution in [2.45, 2.75) is 56.6 Å². The summed E-state index contributed by atoms with van der Waals surface area (Å²) in [4.78, 5) is 12.2. The van der Waals surface area contributed by atoms with Gasteiger partial charge in [-0.05, 0) is 37.0 Å². The van der Waals surface area contributed by atoms with Gasteiger partial charge in [-0.1, -0.05) is 36.9 Å². The molecule has 120 valence electrons. The van der Waals surface area contributed by atoms with Crippen molar-refractivity contribution in [1.82, 2.24) is 5.32 Å². The maximum Gasteiger partial charge on any atom is 0.224 e. The van der Waals surface area contributed by atoms with Crippen molar-refractivity contribution in [2.24, 2.45) is 0 Å². The highest BCUT2D eigenvalue weighted by molar-refractivity contribution is 6.32. The van der Waals surface area contributed by atoms with Crippen LogP contribution in [-0.4, -0.2) is 29.3 Å².